The van der Waals surface area contributed by atoms with Crippen molar-refractivity contribution in [2.24, 2.45) is 0 Å². The van der Waals surface area contributed by atoms with E-state index in [9.17, 15) is 0 Å². The predicted molar refractivity (Wildman–Crippen MR) is 89.0 cm³/mol. The second-order valence-electron chi connectivity index (χ2n) is 5.61. The molecule has 0 radical (unpaired) electrons. The predicted octanol–water partition coefficient (Wildman–Crippen LogP) is 4.06. The highest BCUT2D eigenvalue weighted by molar-refractivity contribution is 7.98. The van der Waals surface area contributed by atoms with Crippen LogP contribution in [0.1, 0.15) is 43.6 Å². The molecule has 0 bridgehead atoms. The van der Waals surface area contributed by atoms with Crippen molar-refractivity contribution in [2.75, 3.05) is 25.7 Å². The number of benzene rings is 1. The normalized spacial score (nSPS) is 21.5. The van der Waals surface area contributed by atoms with E-state index in [1.54, 1.807) is 7.11 Å². The smallest absolute Gasteiger partial charge is 0.122 e. The number of thioether (sulfide) groups is 1. The number of hydrogen-bond donors (Lipinski definition) is 1. The minimum atomic E-state index is 0.681. The Hall–Kier alpha value is -0.670. The third-order valence-corrected chi connectivity index (χ3v) is 4.87. The van der Waals surface area contributed by atoms with Crippen molar-refractivity contribution in [3.8, 4) is 5.75 Å². The number of nitrogens with one attached hydrogen (secondary N) is 1. The van der Waals surface area contributed by atoms with E-state index >= 15 is 0 Å². The Kier molecular flexibility index (Phi) is 6.74. The Morgan fingerprint density at radius 3 is 2.75 bits per heavy atom. The quantitative estimate of drug-likeness (QED) is 0.694. The first kappa shape index (κ1) is 15.7. The largest absolute Gasteiger partial charge is 0.496 e. The summed E-state index contributed by atoms with van der Waals surface area (Å²) < 4.78 is 5.45. The summed E-state index contributed by atoms with van der Waals surface area (Å²) in [5.41, 5.74) is 1.38. The number of methoxy groups -OCH3 is 1. The van der Waals surface area contributed by atoms with Gasteiger partial charge in [-0.15, -0.1) is 0 Å². The Morgan fingerprint density at radius 1 is 1.20 bits per heavy atom. The van der Waals surface area contributed by atoms with E-state index in [-0.39, 0.29) is 0 Å². The first-order valence-corrected chi connectivity index (χ1v) is 9.09. The molecule has 1 fully saturated rings. The van der Waals surface area contributed by atoms with Crippen LogP contribution in [0.4, 0.5) is 0 Å². The van der Waals surface area contributed by atoms with E-state index in [1.165, 1.54) is 50.0 Å². The minimum Gasteiger partial charge on any atom is -0.496 e. The number of ether oxygens (including phenoxy) is 1. The van der Waals surface area contributed by atoms with Crippen molar-refractivity contribution in [1.29, 1.82) is 0 Å². The van der Waals surface area contributed by atoms with Gasteiger partial charge in [-0.05, 0) is 61.8 Å². The Labute approximate surface area is 127 Å². The third-order valence-electron chi connectivity index (χ3n) is 4.18. The molecule has 1 aliphatic carbocycles. The highest BCUT2D eigenvalue weighted by atomic mass is 32.2. The zero-order valence-corrected chi connectivity index (χ0v) is 13.5. The fourth-order valence-electron chi connectivity index (χ4n) is 2.90. The van der Waals surface area contributed by atoms with Gasteiger partial charge in [-0.1, -0.05) is 24.6 Å². The summed E-state index contributed by atoms with van der Waals surface area (Å²) in [6, 6.07) is 9.16. The van der Waals surface area contributed by atoms with Gasteiger partial charge in [-0.3, -0.25) is 0 Å². The van der Waals surface area contributed by atoms with E-state index in [4.69, 9.17) is 4.74 Å². The van der Waals surface area contributed by atoms with Gasteiger partial charge in [0, 0.05) is 6.04 Å². The van der Waals surface area contributed by atoms with E-state index < -0.39 is 0 Å². The molecule has 1 aliphatic rings. The Morgan fingerprint density at radius 2 is 2.00 bits per heavy atom. The molecule has 20 heavy (non-hydrogen) atoms. The summed E-state index contributed by atoms with van der Waals surface area (Å²) in [5, 5.41) is 3.69. The van der Waals surface area contributed by atoms with E-state index in [0.717, 1.165) is 5.75 Å². The molecule has 0 spiro atoms. The van der Waals surface area contributed by atoms with Crippen molar-refractivity contribution >= 4 is 11.8 Å². The average molecular weight is 293 g/mol. The molecule has 0 atom stereocenters. The molecule has 1 saturated carbocycles. The summed E-state index contributed by atoms with van der Waals surface area (Å²) >= 11 is 1.95. The van der Waals surface area contributed by atoms with Crippen LogP contribution in [0.3, 0.4) is 0 Å². The highest BCUT2D eigenvalue weighted by Gasteiger charge is 2.31. The van der Waals surface area contributed by atoms with Crippen LogP contribution in [0.2, 0.25) is 0 Å². The highest BCUT2D eigenvalue weighted by Crippen LogP contribution is 2.40. The van der Waals surface area contributed by atoms with Crippen molar-refractivity contribution < 1.29 is 4.74 Å². The molecule has 0 saturated heterocycles. The van der Waals surface area contributed by atoms with Crippen LogP contribution in [-0.4, -0.2) is 31.7 Å². The van der Waals surface area contributed by atoms with Crippen LogP contribution in [0.15, 0.2) is 24.3 Å². The topological polar surface area (TPSA) is 21.3 Å². The Balaban J connectivity index is 1.62. The van der Waals surface area contributed by atoms with Gasteiger partial charge in [0.1, 0.15) is 5.75 Å². The summed E-state index contributed by atoms with van der Waals surface area (Å²) in [4.78, 5) is 0. The molecule has 3 heteroatoms. The summed E-state index contributed by atoms with van der Waals surface area (Å²) in [6.45, 7) is 1.18. The molecule has 1 N–H and O–H groups in total. The van der Waals surface area contributed by atoms with Crippen LogP contribution < -0.4 is 10.1 Å². The molecular formula is C17H27NOS. The first-order chi connectivity index (χ1) is 9.85. The number of rotatable bonds is 9. The van der Waals surface area contributed by atoms with Gasteiger partial charge in [0.05, 0.1) is 7.11 Å². The van der Waals surface area contributed by atoms with Crippen LogP contribution >= 0.6 is 11.8 Å². The van der Waals surface area contributed by atoms with Gasteiger partial charge >= 0.3 is 0 Å². The van der Waals surface area contributed by atoms with Crippen LogP contribution in [0.25, 0.3) is 0 Å². The van der Waals surface area contributed by atoms with Gasteiger partial charge in [-0.25, -0.2) is 0 Å². The van der Waals surface area contributed by atoms with Gasteiger partial charge in [0.25, 0.3) is 0 Å². The summed E-state index contributed by atoms with van der Waals surface area (Å²) in [7, 11) is 1.77. The lowest BCUT2D eigenvalue weighted by molar-refractivity contribution is 0.282. The first-order valence-electron chi connectivity index (χ1n) is 7.70. The number of para-hydroxylation sites is 1. The maximum atomic E-state index is 5.45. The second-order valence-corrected chi connectivity index (χ2v) is 6.60. The third kappa shape index (κ3) is 4.42. The van der Waals surface area contributed by atoms with Crippen molar-refractivity contribution in [3.63, 3.8) is 0 Å². The Bertz CT molecular complexity index is 390. The second kappa shape index (κ2) is 8.58. The molecule has 1 aromatic carbocycles. The lowest BCUT2D eigenvalue weighted by Gasteiger charge is -2.37. The molecule has 0 unspecified atom stereocenters. The maximum absolute atomic E-state index is 5.45. The van der Waals surface area contributed by atoms with Crippen molar-refractivity contribution in [3.05, 3.63) is 29.8 Å². The SMILES string of the molecule is COc1ccccc1C1CC(NCCCCCSC)C1. The summed E-state index contributed by atoms with van der Waals surface area (Å²) in [5.74, 6) is 3.03. The monoisotopic (exact) mass is 293 g/mol. The van der Waals surface area contributed by atoms with Crippen LogP contribution in [0, 0.1) is 0 Å². The fraction of sp³-hybridized carbons (Fsp3) is 0.647. The summed E-state index contributed by atoms with van der Waals surface area (Å²) in [6.07, 6.45) is 8.73. The fourth-order valence-corrected chi connectivity index (χ4v) is 3.39. The zero-order valence-electron chi connectivity index (χ0n) is 12.7. The molecule has 1 aromatic rings. The molecule has 0 amide bonds. The number of unbranched alkanes of at least 4 members (excludes halogenated alkanes) is 2. The maximum Gasteiger partial charge on any atom is 0.122 e. The van der Waals surface area contributed by atoms with Gasteiger partial charge in [0.2, 0.25) is 0 Å². The molecule has 0 heterocycles. The van der Waals surface area contributed by atoms with Gasteiger partial charge < -0.3 is 10.1 Å². The van der Waals surface area contributed by atoms with Crippen LogP contribution in [0.5, 0.6) is 5.75 Å². The van der Waals surface area contributed by atoms with Crippen molar-refractivity contribution in [2.45, 2.75) is 44.1 Å². The lowest BCUT2D eigenvalue weighted by Crippen LogP contribution is -2.40. The molecule has 0 aliphatic heterocycles. The van der Waals surface area contributed by atoms with E-state index in [2.05, 4.69) is 29.8 Å². The van der Waals surface area contributed by atoms with E-state index in [0.29, 0.717) is 12.0 Å². The van der Waals surface area contributed by atoms with Crippen molar-refractivity contribution in [1.82, 2.24) is 5.32 Å². The lowest BCUT2D eigenvalue weighted by atomic mass is 9.75. The average Bonchev–Trinajstić information content (AvgIpc) is 2.44. The standard InChI is InChI=1S/C17H27NOS/c1-19-17-9-5-4-8-16(17)14-12-15(13-14)18-10-6-3-7-11-20-2/h4-5,8-9,14-15,18H,3,6-7,10-13H2,1-2H3. The molecule has 2 nitrogen and oxygen atoms in total. The van der Waals surface area contributed by atoms with Gasteiger partial charge in [0.15, 0.2) is 0 Å². The molecular weight excluding hydrogens is 266 g/mol. The minimum absolute atomic E-state index is 0.681. The molecule has 112 valence electrons. The molecule has 0 aromatic heterocycles. The van der Waals surface area contributed by atoms with E-state index in [1.807, 2.05) is 17.8 Å². The van der Waals surface area contributed by atoms with Crippen LogP contribution in [-0.2, 0) is 0 Å². The van der Waals surface area contributed by atoms with Gasteiger partial charge in [-0.2, -0.15) is 11.8 Å². The molecule has 2 rings (SSSR count). The zero-order chi connectivity index (χ0) is 14.2. The number of hydrogen-bond acceptors (Lipinski definition) is 3.